The molecule has 2 saturated heterocycles. The Morgan fingerprint density at radius 2 is 1.08 bits per heavy atom. The van der Waals surface area contributed by atoms with Gasteiger partial charge in [-0.15, -0.1) is 0 Å². The van der Waals surface area contributed by atoms with Gasteiger partial charge in [-0.1, -0.05) is 129 Å². The highest BCUT2D eigenvalue weighted by atomic mass is 16.7. The van der Waals surface area contributed by atoms with Gasteiger partial charge in [0.05, 0.1) is 32.0 Å². The van der Waals surface area contributed by atoms with Crippen molar-refractivity contribution in [2.24, 2.45) is 0 Å². The minimum absolute atomic E-state index is 0.215. The molecule has 53 heavy (non-hydrogen) atoms. The molecule has 2 aliphatic heterocycles. The van der Waals surface area contributed by atoms with Crippen molar-refractivity contribution in [3.63, 3.8) is 0 Å². The molecule has 0 aromatic carbocycles. The van der Waals surface area contributed by atoms with Crippen LogP contribution in [0.25, 0.3) is 0 Å². The summed E-state index contributed by atoms with van der Waals surface area (Å²) in [5, 5.41) is 86.2. The van der Waals surface area contributed by atoms with E-state index in [0.29, 0.717) is 12.8 Å². The average molecular weight is 766 g/mol. The topological polar surface area (TPSA) is 228 Å². The zero-order chi connectivity index (χ0) is 39.0. The highest BCUT2D eigenvalue weighted by molar-refractivity contribution is 5.76. The number of hydrogen-bond acceptors (Lipinski definition) is 13. The fraction of sp³-hybridized carbons (Fsp3) is 0.974. The Bertz CT molecular complexity index is 915. The lowest BCUT2D eigenvalue weighted by Gasteiger charge is -2.46. The van der Waals surface area contributed by atoms with Crippen LogP contribution in [0.15, 0.2) is 0 Å². The number of amides is 1. The number of hydrogen-bond donors (Lipinski definition) is 9. The number of ether oxygens (including phenoxy) is 4. The van der Waals surface area contributed by atoms with Gasteiger partial charge >= 0.3 is 0 Å². The van der Waals surface area contributed by atoms with Gasteiger partial charge in [-0.05, 0) is 12.8 Å². The number of aliphatic hydroxyl groups is 8. The molecule has 0 aromatic heterocycles. The van der Waals surface area contributed by atoms with Crippen molar-refractivity contribution in [2.45, 2.75) is 222 Å². The van der Waals surface area contributed by atoms with Gasteiger partial charge in [0.25, 0.3) is 0 Å². The normalized spacial score (nSPS) is 30.3. The zero-order valence-corrected chi connectivity index (χ0v) is 32.5. The Kier molecular flexibility index (Phi) is 25.8. The molecular formula is C39H75NO13. The molecule has 12 atom stereocenters. The maximum Gasteiger partial charge on any atom is 0.220 e. The van der Waals surface area contributed by atoms with Crippen LogP contribution < -0.4 is 5.32 Å². The van der Waals surface area contributed by atoms with E-state index in [4.69, 9.17) is 18.9 Å². The molecule has 2 heterocycles. The zero-order valence-electron chi connectivity index (χ0n) is 32.5. The fourth-order valence-corrected chi connectivity index (χ4v) is 7.06. The monoisotopic (exact) mass is 766 g/mol. The lowest BCUT2D eigenvalue weighted by atomic mass is 9.97. The standard InChI is InChI=1S/C39H75NO13/c1-3-5-7-9-11-12-13-14-15-17-18-20-22-28(43)27(40-31(44)23-21-19-16-10-8-6-4-2)26-50-38-36(49)34(47)37(30(25-42)52-38)53-39-35(48)33(46)32(45)29(24-41)51-39/h27-30,32-39,41-43,45-49H,3-26H2,1-2H3,(H,40,44). The van der Waals surface area contributed by atoms with E-state index in [2.05, 4.69) is 19.2 Å². The molecule has 2 fully saturated rings. The largest absolute Gasteiger partial charge is 0.394 e. The fourth-order valence-electron chi connectivity index (χ4n) is 7.06. The second-order valence-electron chi connectivity index (χ2n) is 15.1. The number of unbranched alkanes of at least 4 members (excludes halogenated alkanes) is 17. The van der Waals surface area contributed by atoms with E-state index in [1.807, 2.05) is 0 Å². The van der Waals surface area contributed by atoms with Gasteiger partial charge in [0, 0.05) is 6.42 Å². The smallest absolute Gasteiger partial charge is 0.220 e. The maximum absolute atomic E-state index is 13.0. The third kappa shape index (κ3) is 17.8. The van der Waals surface area contributed by atoms with Crippen LogP contribution in [0.5, 0.6) is 0 Å². The van der Waals surface area contributed by atoms with Crippen LogP contribution >= 0.6 is 0 Å². The van der Waals surface area contributed by atoms with Crippen molar-refractivity contribution < 1.29 is 64.6 Å². The number of aliphatic hydroxyl groups excluding tert-OH is 8. The summed E-state index contributed by atoms with van der Waals surface area (Å²) in [6, 6.07) is -0.816. The van der Waals surface area contributed by atoms with Gasteiger partial charge in [-0.25, -0.2) is 0 Å². The molecule has 2 aliphatic rings. The van der Waals surface area contributed by atoms with Crippen LogP contribution in [0.4, 0.5) is 0 Å². The third-order valence-electron chi connectivity index (χ3n) is 10.6. The molecule has 14 heteroatoms. The quantitative estimate of drug-likeness (QED) is 0.0480. The number of carbonyl (C=O) groups excluding carboxylic acids is 1. The molecule has 0 saturated carbocycles. The lowest BCUT2D eigenvalue weighted by Crippen LogP contribution is -2.65. The summed E-state index contributed by atoms with van der Waals surface area (Å²) < 4.78 is 22.6. The van der Waals surface area contributed by atoms with E-state index in [1.165, 1.54) is 70.6 Å². The molecule has 1 amide bonds. The SMILES string of the molecule is CCCCCCCCCCCCCCC(O)C(COC1OC(CO)C(OC2OC(CO)C(O)C(O)C2O)C(O)C1O)NC(=O)CCCCCCCCC. The van der Waals surface area contributed by atoms with Crippen molar-refractivity contribution >= 4 is 5.91 Å². The Hall–Kier alpha value is -1.01. The van der Waals surface area contributed by atoms with Gasteiger partial charge in [-0.2, -0.15) is 0 Å². The third-order valence-corrected chi connectivity index (χ3v) is 10.6. The van der Waals surface area contributed by atoms with Crippen LogP contribution in [-0.2, 0) is 23.7 Å². The molecular weight excluding hydrogens is 690 g/mol. The van der Waals surface area contributed by atoms with Crippen molar-refractivity contribution in [3.05, 3.63) is 0 Å². The van der Waals surface area contributed by atoms with E-state index >= 15 is 0 Å². The second kappa shape index (κ2) is 28.4. The van der Waals surface area contributed by atoms with Crippen LogP contribution in [0, 0.1) is 0 Å². The van der Waals surface area contributed by atoms with Crippen LogP contribution in [0.2, 0.25) is 0 Å². The predicted molar refractivity (Wildman–Crippen MR) is 199 cm³/mol. The summed E-state index contributed by atoms with van der Waals surface area (Å²) in [5.74, 6) is -0.215. The second-order valence-corrected chi connectivity index (χ2v) is 15.1. The van der Waals surface area contributed by atoms with E-state index in [0.717, 1.165) is 51.4 Å². The molecule has 314 valence electrons. The molecule has 0 aromatic rings. The van der Waals surface area contributed by atoms with Crippen molar-refractivity contribution in [3.8, 4) is 0 Å². The van der Waals surface area contributed by atoms with E-state index in [-0.39, 0.29) is 12.5 Å². The molecule has 0 bridgehead atoms. The summed E-state index contributed by atoms with van der Waals surface area (Å²) in [7, 11) is 0. The molecule has 14 nitrogen and oxygen atoms in total. The van der Waals surface area contributed by atoms with Crippen molar-refractivity contribution in [1.29, 1.82) is 0 Å². The van der Waals surface area contributed by atoms with Crippen LogP contribution in [0.1, 0.15) is 149 Å². The Balaban J connectivity index is 1.92. The summed E-state index contributed by atoms with van der Waals surface area (Å²) in [5.41, 5.74) is 0. The van der Waals surface area contributed by atoms with Gasteiger partial charge < -0.3 is 65.1 Å². The van der Waals surface area contributed by atoms with Crippen molar-refractivity contribution in [1.82, 2.24) is 5.32 Å². The lowest BCUT2D eigenvalue weighted by molar-refractivity contribution is -0.359. The molecule has 0 aliphatic carbocycles. The van der Waals surface area contributed by atoms with Gasteiger partial charge in [0.2, 0.25) is 5.91 Å². The maximum atomic E-state index is 13.0. The highest BCUT2D eigenvalue weighted by Crippen LogP contribution is 2.30. The van der Waals surface area contributed by atoms with Crippen molar-refractivity contribution in [2.75, 3.05) is 19.8 Å². The first-order chi connectivity index (χ1) is 25.6. The summed E-state index contributed by atoms with van der Waals surface area (Å²) in [6.45, 7) is 2.76. The first-order valence-electron chi connectivity index (χ1n) is 20.8. The summed E-state index contributed by atoms with van der Waals surface area (Å²) >= 11 is 0. The molecule has 2 rings (SSSR count). The number of carbonyl (C=O) groups is 1. The number of nitrogens with one attached hydrogen (secondary N) is 1. The van der Waals surface area contributed by atoms with Crippen LogP contribution in [0.3, 0.4) is 0 Å². The molecule has 0 radical (unpaired) electrons. The average Bonchev–Trinajstić information content (AvgIpc) is 3.15. The Morgan fingerprint density at radius 3 is 1.60 bits per heavy atom. The Labute approximate surface area is 317 Å². The molecule has 9 N–H and O–H groups in total. The van der Waals surface area contributed by atoms with Crippen LogP contribution in [-0.4, -0.2) is 140 Å². The first kappa shape index (κ1) is 48.1. The van der Waals surface area contributed by atoms with E-state index < -0.39 is 86.8 Å². The number of rotatable bonds is 30. The predicted octanol–water partition coefficient (Wildman–Crippen LogP) is 2.70. The molecule has 12 unspecified atom stereocenters. The first-order valence-corrected chi connectivity index (χ1v) is 20.8. The Morgan fingerprint density at radius 1 is 0.604 bits per heavy atom. The summed E-state index contributed by atoms with van der Waals surface area (Å²) in [4.78, 5) is 13.0. The van der Waals surface area contributed by atoms with Gasteiger partial charge in [0.1, 0.15) is 48.8 Å². The minimum atomic E-state index is -1.78. The highest BCUT2D eigenvalue weighted by Gasteiger charge is 2.50. The van der Waals surface area contributed by atoms with E-state index in [1.54, 1.807) is 0 Å². The summed E-state index contributed by atoms with van der Waals surface area (Å²) in [6.07, 6.45) is 5.75. The van der Waals surface area contributed by atoms with Gasteiger partial charge in [0.15, 0.2) is 12.6 Å². The molecule has 0 spiro atoms. The van der Waals surface area contributed by atoms with E-state index in [9.17, 15) is 45.6 Å². The minimum Gasteiger partial charge on any atom is -0.394 e. The van der Waals surface area contributed by atoms with Gasteiger partial charge in [-0.3, -0.25) is 4.79 Å².